The van der Waals surface area contributed by atoms with Crippen LogP contribution in [0.2, 0.25) is 5.02 Å². The van der Waals surface area contributed by atoms with Crippen molar-refractivity contribution >= 4 is 23.4 Å². The molecule has 0 aliphatic carbocycles. The van der Waals surface area contributed by atoms with Crippen LogP contribution in [0.1, 0.15) is 5.56 Å². The summed E-state index contributed by atoms with van der Waals surface area (Å²) in [6.07, 6.45) is 5.31. The first-order valence-electron chi connectivity index (χ1n) is 6.72. The van der Waals surface area contributed by atoms with Crippen LogP contribution < -0.4 is 9.80 Å². The van der Waals surface area contributed by atoms with Crippen LogP contribution in [0.15, 0.2) is 24.7 Å². The van der Waals surface area contributed by atoms with Crippen LogP contribution in [-0.4, -0.2) is 40.7 Å². The Bertz CT molecular complexity index is 681. The molecule has 1 aliphatic rings. The van der Waals surface area contributed by atoms with Gasteiger partial charge in [0.2, 0.25) is 5.95 Å². The van der Waals surface area contributed by atoms with E-state index in [0.29, 0.717) is 10.6 Å². The van der Waals surface area contributed by atoms with Gasteiger partial charge in [0.15, 0.2) is 0 Å². The number of hydrogen-bond acceptors (Lipinski definition) is 5. The minimum absolute atomic E-state index is 0.482. The molecule has 1 fully saturated rings. The Labute approximate surface area is 128 Å². The van der Waals surface area contributed by atoms with Gasteiger partial charge in [-0.05, 0) is 6.07 Å². The topological polar surface area (TPSA) is 61.0 Å². The van der Waals surface area contributed by atoms with Crippen molar-refractivity contribution in [2.45, 2.75) is 0 Å². The molecule has 3 heterocycles. The summed E-state index contributed by atoms with van der Waals surface area (Å²) >= 11 is 6.22. The molecule has 0 N–H and O–H groups in total. The maximum atomic E-state index is 8.85. The Hall–Kier alpha value is -2.26. The number of aromatic nitrogens is 3. The minimum Gasteiger partial charge on any atom is -0.352 e. The first-order chi connectivity index (χ1) is 10.2. The van der Waals surface area contributed by atoms with E-state index in [4.69, 9.17) is 16.9 Å². The smallest absolute Gasteiger partial charge is 0.205 e. The van der Waals surface area contributed by atoms with Gasteiger partial charge < -0.3 is 14.4 Å². The third kappa shape index (κ3) is 2.65. The summed E-state index contributed by atoms with van der Waals surface area (Å²) < 4.78 is 2.02. The summed E-state index contributed by atoms with van der Waals surface area (Å²) in [4.78, 5) is 13.1. The summed E-state index contributed by atoms with van der Waals surface area (Å²) in [7, 11) is 1.99. The third-order valence-electron chi connectivity index (χ3n) is 3.61. The highest BCUT2D eigenvalue weighted by atomic mass is 35.5. The van der Waals surface area contributed by atoms with Gasteiger partial charge in [-0.2, -0.15) is 5.26 Å². The maximum Gasteiger partial charge on any atom is 0.205 e. The van der Waals surface area contributed by atoms with Crippen LogP contribution in [0, 0.1) is 11.3 Å². The van der Waals surface area contributed by atoms with Gasteiger partial charge in [0.25, 0.3) is 0 Å². The van der Waals surface area contributed by atoms with E-state index in [1.807, 2.05) is 23.9 Å². The van der Waals surface area contributed by atoms with Crippen molar-refractivity contribution in [1.82, 2.24) is 14.5 Å². The lowest BCUT2D eigenvalue weighted by atomic mass is 10.2. The number of aryl methyl sites for hydroxylation is 1. The molecule has 21 heavy (non-hydrogen) atoms. The van der Waals surface area contributed by atoms with Crippen LogP contribution in [0.3, 0.4) is 0 Å². The number of halogens is 1. The summed E-state index contributed by atoms with van der Waals surface area (Å²) in [5, 5.41) is 9.38. The second-order valence-electron chi connectivity index (χ2n) is 4.95. The predicted octanol–water partition coefficient (Wildman–Crippen LogP) is 1.67. The van der Waals surface area contributed by atoms with Crippen LogP contribution >= 0.6 is 11.6 Å². The van der Waals surface area contributed by atoms with E-state index in [9.17, 15) is 0 Å². The van der Waals surface area contributed by atoms with Crippen molar-refractivity contribution in [3.63, 3.8) is 0 Å². The van der Waals surface area contributed by atoms with Crippen LogP contribution in [0.25, 0.3) is 0 Å². The number of hydrogen-bond donors (Lipinski definition) is 0. The van der Waals surface area contributed by atoms with Gasteiger partial charge in [-0.15, -0.1) is 0 Å². The number of rotatable bonds is 2. The van der Waals surface area contributed by atoms with E-state index < -0.39 is 0 Å². The standard InChI is InChI=1S/C14H15ClN6/c1-19-3-2-17-14(19)21-6-4-20(5-7-21)13-12(15)8-11(9-16)10-18-13/h2-3,8,10H,4-7H2,1H3. The zero-order chi connectivity index (χ0) is 14.8. The molecule has 2 aromatic rings. The first kappa shape index (κ1) is 13.7. The molecular formula is C14H15ClN6. The van der Waals surface area contributed by atoms with Gasteiger partial charge in [-0.1, -0.05) is 11.6 Å². The lowest BCUT2D eigenvalue weighted by Crippen LogP contribution is -2.47. The number of anilines is 2. The average molecular weight is 303 g/mol. The zero-order valence-electron chi connectivity index (χ0n) is 11.7. The van der Waals surface area contributed by atoms with Crippen molar-refractivity contribution in [2.24, 2.45) is 7.05 Å². The monoisotopic (exact) mass is 302 g/mol. The van der Waals surface area contributed by atoms with Crippen LogP contribution in [-0.2, 0) is 7.05 Å². The predicted molar refractivity (Wildman–Crippen MR) is 81.6 cm³/mol. The fourth-order valence-electron chi connectivity index (χ4n) is 2.51. The van der Waals surface area contributed by atoms with Crippen molar-refractivity contribution in [2.75, 3.05) is 36.0 Å². The Kier molecular flexibility index (Phi) is 3.67. The molecule has 6 nitrogen and oxygen atoms in total. The Balaban J connectivity index is 1.72. The zero-order valence-corrected chi connectivity index (χ0v) is 12.5. The van der Waals surface area contributed by atoms with Crippen molar-refractivity contribution < 1.29 is 0 Å². The highest BCUT2D eigenvalue weighted by molar-refractivity contribution is 6.33. The second-order valence-corrected chi connectivity index (χ2v) is 5.36. The molecule has 0 amide bonds. The maximum absolute atomic E-state index is 8.85. The molecule has 0 bridgehead atoms. The van der Waals surface area contributed by atoms with Gasteiger partial charge in [0.1, 0.15) is 11.9 Å². The van der Waals surface area contributed by atoms with E-state index in [1.54, 1.807) is 18.5 Å². The molecule has 0 atom stereocenters. The Morgan fingerprint density at radius 3 is 2.48 bits per heavy atom. The highest BCUT2D eigenvalue weighted by Gasteiger charge is 2.22. The number of piperazine rings is 1. The summed E-state index contributed by atoms with van der Waals surface area (Å²) in [6.45, 7) is 3.38. The lowest BCUT2D eigenvalue weighted by Gasteiger charge is -2.36. The molecule has 7 heteroatoms. The quantitative estimate of drug-likeness (QED) is 0.844. The van der Waals surface area contributed by atoms with Crippen molar-refractivity contribution in [1.29, 1.82) is 5.26 Å². The van der Waals surface area contributed by atoms with Gasteiger partial charge in [-0.25, -0.2) is 9.97 Å². The van der Waals surface area contributed by atoms with Gasteiger partial charge >= 0.3 is 0 Å². The van der Waals surface area contributed by atoms with Crippen LogP contribution in [0.4, 0.5) is 11.8 Å². The molecule has 108 valence electrons. The van der Waals surface area contributed by atoms with Gasteiger partial charge in [-0.3, -0.25) is 0 Å². The van der Waals surface area contributed by atoms with E-state index in [-0.39, 0.29) is 0 Å². The van der Waals surface area contributed by atoms with E-state index in [1.165, 1.54) is 0 Å². The van der Waals surface area contributed by atoms with Crippen molar-refractivity contribution in [3.05, 3.63) is 35.2 Å². The molecule has 1 saturated heterocycles. The average Bonchev–Trinajstić information content (AvgIpc) is 2.93. The first-order valence-corrected chi connectivity index (χ1v) is 7.09. The fraction of sp³-hybridized carbons (Fsp3) is 0.357. The molecule has 0 unspecified atom stereocenters. The molecule has 0 aromatic carbocycles. The Morgan fingerprint density at radius 2 is 1.90 bits per heavy atom. The molecular weight excluding hydrogens is 288 g/mol. The number of nitrogens with zero attached hydrogens (tertiary/aromatic N) is 6. The molecule has 2 aromatic heterocycles. The number of nitriles is 1. The summed E-state index contributed by atoms with van der Waals surface area (Å²) in [6, 6.07) is 3.71. The molecule has 3 rings (SSSR count). The largest absolute Gasteiger partial charge is 0.352 e. The summed E-state index contributed by atoms with van der Waals surface area (Å²) in [5.41, 5.74) is 0.482. The van der Waals surface area contributed by atoms with Crippen LogP contribution in [0.5, 0.6) is 0 Å². The fourth-order valence-corrected chi connectivity index (χ4v) is 2.79. The Morgan fingerprint density at radius 1 is 1.19 bits per heavy atom. The highest BCUT2D eigenvalue weighted by Crippen LogP contribution is 2.25. The third-order valence-corrected chi connectivity index (χ3v) is 3.89. The summed E-state index contributed by atoms with van der Waals surface area (Å²) in [5.74, 6) is 1.73. The van der Waals surface area contributed by atoms with Gasteiger partial charge in [0, 0.05) is 51.8 Å². The van der Waals surface area contributed by atoms with E-state index in [2.05, 4.69) is 19.8 Å². The molecule has 0 saturated carbocycles. The minimum atomic E-state index is 0.482. The van der Waals surface area contributed by atoms with E-state index in [0.717, 1.165) is 37.9 Å². The lowest BCUT2D eigenvalue weighted by molar-refractivity contribution is 0.625. The second kappa shape index (κ2) is 5.62. The SMILES string of the molecule is Cn1ccnc1N1CCN(c2ncc(C#N)cc2Cl)CC1. The van der Waals surface area contributed by atoms with Gasteiger partial charge in [0.05, 0.1) is 10.6 Å². The molecule has 0 radical (unpaired) electrons. The molecule has 0 spiro atoms. The number of pyridine rings is 1. The number of imidazole rings is 1. The van der Waals surface area contributed by atoms with Crippen molar-refractivity contribution in [3.8, 4) is 6.07 Å². The normalized spacial score (nSPS) is 15.1. The molecule has 1 aliphatic heterocycles. The van der Waals surface area contributed by atoms with E-state index >= 15 is 0 Å².